The van der Waals surface area contributed by atoms with Crippen molar-refractivity contribution in [1.82, 2.24) is 15.1 Å². The minimum absolute atomic E-state index is 0.118. The molecule has 4 rings (SSSR count). The first-order chi connectivity index (χ1) is 12.9. The van der Waals surface area contributed by atoms with E-state index in [0.29, 0.717) is 17.7 Å². The number of hydrogen-bond acceptors (Lipinski definition) is 5. The molecule has 0 saturated carbocycles. The van der Waals surface area contributed by atoms with Gasteiger partial charge in [0.1, 0.15) is 12.8 Å². The normalized spacial score (nSPS) is 23.6. The Hall–Kier alpha value is -2.87. The Morgan fingerprint density at radius 1 is 1.07 bits per heavy atom. The third-order valence-corrected chi connectivity index (χ3v) is 5.38. The standard InChI is InChI=1S/C19H20N4O4/c1-21-6-8-22(9-7-21)11-12-2-3-13-14(10-12)19(27)23(18(13)26)15-4-5-16(24)20-17(15)25/h2-3,10,15H,1,4-9,11H2/p+1. The molecule has 0 aliphatic carbocycles. The molecular weight excluding hydrogens is 348 g/mol. The third-order valence-electron chi connectivity index (χ3n) is 5.38. The fraction of sp³-hybridized carbons (Fsp3) is 0.421. The molecule has 2 fully saturated rings. The largest absolute Gasteiger partial charge is 0.295 e. The average Bonchev–Trinajstić information content (AvgIpc) is 2.88. The Labute approximate surface area is 156 Å². The Balaban J connectivity index is 1.54. The molecule has 1 atom stereocenters. The number of carbonyl (C=O) groups is 4. The van der Waals surface area contributed by atoms with Crippen molar-refractivity contribution in [2.75, 3.05) is 26.2 Å². The third kappa shape index (κ3) is 3.16. The predicted octanol–water partition coefficient (Wildman–Crippen LogP) is -0.383. The van der Waals surface area contributed by atoms with Crippen molar-refractivity contribution < 1.29 is 23.8 Å². The van der Waals surface area contributed by atoms with Crippen LogP contribution in [0.5, 0.6) is 0 Å². The van der Waals surface area contributed by atoms with Crippen LogP contribution in [0, 0.1) is 0 Å². The molecule has 2 saturated heterocycles. The van der Waals surface area contributed by atoms with Gasteiger partial charge in [-0.2, -0.15) is 0 Å². The van der Waals surface area contributed by atoms with Gasteiger partial charge in [-0.3, -0.25) is 34.3 Å². The summed E-state index contributed by atoms with van der Waals surface area (Å²) in [6.45, 7) is 8.22. The van der Waals surface area contributed by atoms with Gasteiger partial charge in [0.05, 0.1) is 24.2 Å². The summed E-state index contributed by atoms with van der Waals surface area (Å²) < 4.78 is 2.03. The highest BCUT2D eigenvalue weighted by atomic mass is 16.2. The Kier molecular flexibility index (Phi) is 4.35. The van der Waals surface area contributed by atoms with Crippen LogP contribution in [-0.2, 0) is 16.1 Å². The second kappa shape index (κ2) is 6.70. The van der Waals surface area contributed by atoms with E-state index in [0.717, 1.165) is 36.6 Å². The maximum absolute atomic E-state index is 12.8. The summed E-state index contributed by atoms with van der Waals surface area (Å²) in [7, 11) is 0. The van der Waals surface area contributed by atoms with E-state index in [2.05, 4.69) is 16.9 Å². The highest BCUT2D eigenvalue weighted by Gasteiger charge is 2.44. The average molecular weight is 369 g/mol. The number of hydrogen-bond donors (Lipinski definition) is 1. The second-order valence-corrected chi connectivity index (χ2v) is 7.22. The monoisotopic (exact) mass is 369 g/mol. The van der Waals surface area contributed by atoms with E-state index in [-0.39, 0.29) is 18.7 Å². The molecule has 0 spiro atoms. The van der Waals surface area contributed by atoms with Crippen molar-refractivity contribution in [3.8, 4) is 0 Å². The molecule has 0 radical (unpaired) electrons. The molecule has 4 amide bonds. The molecule has 8 heteroatoms. The van der Waals surface area contributed by atoms with Gasteiger partial charge in [-0.15, -0.1) is 0 Å². The molecule has 1 unspecified atom stereocenters. The van der Waals surface area contributed by atoms with Crippen molar-refractivity contribution >= 4 is 30.3 Å². The number of carbonyl (C=O) groups excluding carboxylic acids is 4. The molecule has 3 aliphatic heterocycles. The first-order valence-corrected chi connectivity index (χ1v) is 9.06. The Morgan fingerprint density at radius 3 is 2.48 bits per heavy atom. The highest BCUT2D eigenvalue weighted by Crippen LogP contribution is 2.28. The smallest absolute Gasteiger partial charge is 0.262 e. The molecule has 27 heavy (non-hydrogen) atoms. The molecule has 1 aromatic carbocycles. The molecule has 0 aromatic heterocycles. The molecule has 0 bridgehead atoms. The molecule has 1 aromatic rings. The summed E-state index contributed by atoms with van der Waals surface area (Å²) in [5, 5.41) is 2.20. The minimum atomic E-state index is -0.927. The van der Waals surface area contributed by atoms with E-state index in [1.54, 1.807) is 12.1 Å². The number of nitrogens with one attached hydrogen (secondary N) is 1. The predicted molar refractivity (Wildman–Crippen MR) is 95.5 cm³/mol. The topological polar surface area (TPSA) is 89.8 Å². The van der Waals surface area contributed by atoms with E-state index < -0.39 is 23.8 Å². The van der Waals surface area contributed by atoms with E-state index in [9.17, 15) is 19.2 Å². The van der Waals surface area contributed by atoms with Gasteiger partial charge in [-0.1, -0.05) is 6.07 Å². The summed E-state index contributed by atoms with van der Waals surface area (Å²) in [6, 6.07) is 4.34. The lowest BCUT2D eigenvalue weighted by molar-refractivity contribution is -0.531. The highest BCUT2D eigenvalue weighted by molar-refractivity contribution is 6.23. The van der Waals surface area contributed by atoms with Crippen LogP contribution in [0.25, 0.3) is 0 Å². The van der Waals surface area contributed by atoms with Crippen LogP contribution in [0.3, 0.4) is 0 Å². The zero-order chi connectivity index (χ0) is 19.1. The molecule has 8 nitrogen and oxygen atoms in total. The summed E-state index contributed by atoms with van der Waals surface area (Å²) in [5.41, 5.74) is 1.60. The lowest BCUT2D eigenvalue weighted by atomic mass is 10.0. The summed E-state index contributed by atoms with van der Waals surface area (Å²) in [5.74, 6) is -1.90. The van der Waals surface area contributed by atoms with Gasteiger partial charge in [-0.05, 0) is 24.1 Å². The number of piperidine rings is 1. The first kappa shape index (κ1) is 17.5. The number of rotatable bonds is 3. The first-order valence-electron chi connectivity index (χ1n) is 9.06. The number of amides is 4. The quantitative estimate of drug-likeness (QED) is 0.579. The van der Waals surface area contributed by atoms with Gasteiger partial charge in [0.15, 0.2) is 13.1 Å². The Morgan fingerprint density at radius 2 is 1.78 bits per heavy atom. The van der Waals surface area contributed by atoms with Gasteiger partial charge < -0.3 is 0 Å². The number of fused-ring (bicyclic) bond motifs is 1. The van der Waals surface area contributed by atoms with E-state index >= 15 is 0 Å². The lowest BCUT2D eigenvalue weighted by Gasteiger charge is -2.27. The van der Waals surface area contributed by atoms with E-state index in [1.165, 1.54) is 0 Å². The molecule has 3 aliphatic rings. The van der Waals surface area contributed by atoms with Crippen molar-refractivity contribution in [1.29, 1.82) is 0 Å². The maximum atomic E-state index is 12.8. The fourth-order valence-corrected chi connectivity index (χ4v) is 3.82. The van der Waals surface area contributed by atoms with Crippen LogP contribution in [0.4, 0.5) is 0 Å². The molecule has 3 heterocycles. The van der Waals surface area contributed by atoms with Gasteiger partial charge in [0.25, 0.3) is 11.8 Å². The summed E-state index contributed by atoms with van der Waals surface area (Å²) in [6.07, 6.45) is 0.283. The summed E-state index contributed by atoms with van der Waals surface area (Å²) >= 11 is 0. The maximum Gasteiger partial charge on any atom is 0.262 e. The molecule has 1 N–H and O–H groups in total. The van der Waals surface area contributed by atoms with Gasteiger partial charge in [0, 0.05) is 13.0 Å². The summed E-state index contributed by atoms with van der Waals surface area (Å²) in [4.78, 5) is 52.2. The fourth-order valence-electron chi connectivity index (χ4n) is 3.82. The van der Waals surface area contributed by atoms with Crippen molar-refractivity contribution in [3.63, 3.8) is 0 Å². The SMILES string of the molecule is C=[N+]1CCN(Cc2ccc3c(c2)C(=O)N(C2CCC(=O)NC2=O)C3=O)CC1. The van der Waals surface area contributed by atoms with Crippen LogP contribution in [0.2, 0.25) is 0 Å². The van der Waals surface area contributed by atoms with E-state index in [1.807, 2.05) is 10.6 Å². The van der Waals surface area contributed by atoms with E-state index in [4.69, 9.17) is 0 Å². The number of nitrogens with zero attached hydrogens (tertiary/aromatic N) is 3. The second-order valence-electron chi connectivity index (χ2n) is 7.22. The van der Waals surface area contributed by atoms with Crippen molar-refractivity contribution in [2.45, 2.75) is 25.4 Å². The zero-order valence-corrected chi connectivity index (χ0v) is 14.9. The van der Waals surface area contributed by atoms with Gasteiger partial charge in [0.2, 0.25) is 11.8 Å². The van der Waals surface area contributed by atoms with Crippen LogP contribution < -0.4 is 5.32 Å². The molecular formula is C19H21N4O4+. The van der Waals surface area contributed by atoms with Crippen molar-refractivity contribution in [2.24, 2.45) is 0 Å². The minimum Gasteiger partial charge on any atom is -0.295 e. The lowest BCUT2D eigenvalue weighted by Crippen LogP contribution is -2.54. The van der Waals surface area contributed by atoms with Crippen molar-refractivity contribution in [3.05, 3.63) is 34.9 Å². The number of piperazine rings is 1. The Bertz CT molecular complexity index is 868. The van der Waals surface area contributed by atoms with Gasteiger partial charge >= 0.3 is 0 Å². The number of imide groups is 2. The van der Waals surface area contributed by atoms with Crippen LogP contribution >= 0.6 is 0 Å². The van der Waals surface area contributed by atoms with Gasteiger partial charge in [-0.25, -0.2) is 4.58 Å². The van der Waals surface area contributed by atoms with Crippen LogP contribution in [0.1, 0.15) is 39.1 Å². The zero-order valence-electron chi connectivity index (χ0n) is 14.9. The van der Waals surface area contributed by atoms with Crippen LogP contribution in [-0.4, -0.2) is 76.9 Å². The molecule has 140 valence electrons. The van der Waals surface area contributed by atoms with Crippen LogP contribution in [0.15, 0.2) is 18.2 Å². The number of benzene rings is 1.